The molecule has 1 aromatic carbocycles. The predicted octanol–water partition coefficient (Wildman–Crippen LogP) is 4.60. The van der Waals surface area contributed by atoms with Crippen molar-refractivity contribution in [2.24, 2.45) is 0 Å². The first-order valence-corrected chi connectivity index (χ1v) is 8.53. The van der Waals surface area contributed by atoms with Crippen LogP contribution in [0.2, 0.25) is 0 Å². The predicted molar refractivity (Wildman–Crippen MR) is 91.3 cm³/mol. The molecule has 114 valence electrons. The maximum atomic E-state index is 5.76. The molecule has 0 saturated carbocycles. The van der Waals surface area contributed by atoms with Crippen molar-refractivity contribution in [2.75, 3.05) is 7.11 Å². The highest BCUT2D eigenvalue weighted by Gasteiger charge is 2.11. The van der Waals surface area contributed by atoms with Gasteiger partial charge in [0.25, 0.3) is 0 Å². The molecule has 1 heterocycles. The molecule has 21 heavy (non-hydrogen) atoms. The molecule has 0 atom stereocenters. The van der Waals surface area contributed by atoms with E-state index in [1.54, 1.807) is 18.4 Å². The van der Waals surface area contributed by atoms with Gasteiger partial charge in [-0.2, -0.15) is 0 Å². The number of rotatable bonds is 7. The van der Waals surface area contributed by atoms with E-state index in [9.17, 15) is 0 Å². The Morgan fingerprint density at radius 3 is 2.67 bits per heavy atom. The van der Waals surface area contributed by atoms with E-state index in [1.165, 1.54) is 4.88 Å². The highest BCUT2D eigenvalue weighted by atomic mass is 79.9. The van der Waals surface area contributed by atoms with Crippen LogP contribution in [0.4, 0.5) is 0 Å². The number of hydrogen-bond donors (Lipinski definition) is 1. The SMILES string of the molecule is COc1cc(CNCc2cccs2)c(Br)cc1OC(C)C. The molecule has 5 heteroatoms. The van der Waals surface area contributed by atoms with E-state index in [2.05, 4.69) is 38.8 Å². The Kier molecular flexibility index (Phi) is 6.08. The molecular formula is C16H20BrNO2S. The van der Waals surface area contributed by atoms with Gasteiger partial charge >= 0.3 is 0 Å². The van der Waals surface area contributed by atoms with Crippen molar-refractivity contribution in [3.63, 3.8) is 0 Å². The summed E-state index contributed by atoms with van der Waals surface area (Å²) in [6.07, 6.45) is 0.119. The van der Waals surface area contributed by atoms with Crippen molar-refractivity contribution in [2.45, 2.75) is 33.0 Å². The summed E-state index contributed by atoms with van der Waals surface area (Å²) in [5.41, 5.74) is 1.15. The van der Waals surface area contributed by atoms with Gasteiger partial charge in [0.1, 0.15) is 0 Å². The van der Waals surface area contributed by atoms with Crippen LogP contribution in [0, 0.1) is 0 Å². The highest BCUT2D eigenvalue weighted by molar-refractivity contribution is 9.10. The molecule has 0 spiro atoms. The fraction of sp³-hybridized carbons (Fsp3) is 0.375. The normalized spacial score (nSPS) is 10.9. The summed E-state index contributed by atoms with van der Waals surface area (Å²) in [6, 6.07) is 8.19. The van der Waals surface area contributed by atoms with Gasteiger partial charge in [0.15, 0.2) is 11.5 Å². The minimum atomic E-state index is 0.119. The monoisotopic (exact) mass is 369 g/mol. The fourth-order valence-corrected chi connectivity index (χ4v) is 3.09. The second-order valence-corrected chi connectivity index (χ2v) is 6.83. The second kappa shape index (κ2) is 7.82. The average Bonchev–Trinajstić information content (AvgIpc) is 2.93. The third kappa shape index (κ3) is 4.73. The van der Waals surface area contributed by atoms with E-state index in [0.29, 0.717) is 0 Å². The van der Waals surface area contributed by atoms with E-state index < -0.39 is 0 Å². The van der Waals surface area contributed by atoms with Gasteiger partial charge in [0.2, 0.25) is 0 Å². The zero-order valence-corrected chi connectivity index (χ0v) is 14.9. The first-order valence-electron chi connectivity index (χ1n) is 6.86. The van der Waals surface area contributed by atoms with Gasteiger partial charge < -0.3 is 14.8 Å². The summed E-state index contributed by atoms with van der Waals surface area (Å²) in [7, 11) is 1.67. The Morgan fingerprint density at radius 1 is 1.24 bits per heavy atom. The van der Waals surface area contributed by atoms with Gasteiger partial charge in [-0.05, 0) is 43.0 Å². The molecule has 0 bridgehead atoms. The standard InChI is InChI=1S/C16H20BrNO2S/c1-11(2)20-16-8-14(17)12(7-15(16)19-3)9-18-10-13-5-4-6-21-13/h4-8,11,18H,9-10H2,1-3H3. The number of thiophene rings is 1. The molecule has 1 N–H and O–H groups in total. The van der Waals surface area contributed by atoms with Crippen molar-refractivity contribution in [1.29, 1.82) is 0 Å². The Labute approximate surface area is 138 Å². The molecule has 0 saturated heterocycles. The maximum Gasteiger partial charge on any atom is 0.162 e. The van der Waals surface area contributed by atoms with Crippen LogP contribution in [0.3, 0.4) is 0 Å². The fourth-order valence-electron chi connectivity index (χ4n) is 1.95. The van der Waals surface area contributed by atoms with Gasteiger partial charge in [-0.25, -0.2) is 0 Å². The van der Waals surface area contributed by atoms with Crippen LogP contribution in [-0.4, -0.2) is 13.2 Å². The number of benzene rings is 1. The third-order valence-corrected chi connectivity index (χ3v) is 4.50. The minimum Gasteiger partial charge on any atom is -0.493 e. The molecule has 2 aromatic rings. The number of nitrogens with one attached hydrogen (secondary N) is 1. The van der Waals surface area contributed by atoms with Crippen LogP contribution in [0.15, 0.2) is 34.1 Å². The number of methoxy groups -OCH3 is 1. The van der Waals surface area contributed by atoms with Gasteiger partial charge in [-0.3, -0.25) is 0 Å². The molecule has 0 aliphatic heterocycles. The van der Waals surface area contributed by atoms with Gasteiger partial charge in [0.05, 0.1) is 13.2 Å². The number of ether oxygens (including phenoxy) is 2. The minimum absolute atomic E-state index is 0.119. The van der Waals surface area contributed by atoms with E-state index >= 15 is 0 Å². The quantitative estimate of drug-likeness (QED) is 0.773. The van der Waals surface area contributed by atoms with Crippen molar-refractivity contribution >= 4 is 27.3 Å². The molecule has 0 radical (unpaired) electrons. The lowest BCUT2D eigenvalue weighted by Gasteiger charge is -2.16. The van der Waals surface area contributed by atoms with Gasteiger partial charge in [-0.1, -0.05) is 22.0 Å². The van der Waals surface area contributed by atoms with Crippen molar-refractivity contribution in [3.05, 3.63) is 44.6 Å². The van der Waals surface area contributed by atoms with Crippen LogP contribution < -0.4 is 14.8 Å². The summed E-state index contributed by atoms with van der Waals surface area (Å²) in [5, 5.41) is 5.53. The zero-order valence-electron chi connectivity index (χ0n) is 12.5. The first kappa shape index (κ1) is 16.3. The molecule has 1 aromatic heterocycles. The summed E-state index contributed by atoms with van der Waals surface area (Å²) < 4.78 is 12.2. The zero-order chi connectivity index (χ0) is 15.2. The lowest BCUT2D eigenvalue weighted by molar-refractivity contribution is 0.230. The van der Waals surface area contributed by atoms with E-state index in [1.807, 2.05) is 26.0 Å². The second-order valence-electron chi connectivity index (χ2n) is 4.94. The van der Waals surface area contributed by atoms with Crippen LogP contribution in [0.1, 0.15) is 24.3 Å². The molecule has 0 amide bonds. The Morgan fingerprint density at radius 2 is 2.05 bits per heavy atom. The Bertz CT molecular complexity index is 570. The van der Waals surface area contributed by atoms with Gasteiger partial charge in [-0.15, -0.1) is 11.3 Å². The summed E-state index contributed by atoms with van der Waals surface area (Å²) in [5.74, 6) is 1.53. The largest absolute Gasteiger partial charge is 0.493 e. The van der Waals surface area contributed by atoms with Gasteiger partial charge in [0, 0.05) is 22.4 Å². The topological polar surface area (TPSA) is 30.5 Å². The lowest BCUT2D eigenvalue weighted by Crippen LogP contribution is -2.13. The van der Waals surface area contributed by atoms with E-state index in [-0.39, 0.29) is 6.10 Å². The lowest BCUT2D eigenvalue weighted by atomic mass is 10.2. The highest BCUT2D eigenvalue weighted by Crippen LogP contribution is 2.34. The Hall–Kier alpha value is -1.04. The average molecular weight is 370 g/mol. The smallest absolute Gasteiger partial charge is 0.162 e. The number of hydrogen-bond acceptors (Lipinski definition) is 4. The summed E-state index contributed by atoms with van der Waals surface area (Å²) >= 11 is 5.37. The molecule has 0 aliphatic rings. The summed E-state index contributed by atoms with van der Waals surface area (Å²) in [4.78, 5) is 1.33. The Balaban J connectivity index is 2.05. The number of halogens is 1. The van der Waals surface area contributed by atoms with E-state index in [0.717, 1.165) is 34.6 Å². The van der Waals surface area contributed by atoms with Crippen molar-refractivity contribution in [1.82, 2.24) is 5.32 Å². The van der Waals surface area contributed by atoms with Crippen molar-refractivity contribution in [3.8, 4) is 11.5 Å². The molecular weight excluding hydrogens is 350 g/mol. The molecule has 0 unspecified atom stereocenters. The summed E-state index contributed by atoms with van der Waals surface area (Å²) in [6.45, 7) is 5.65. The maximum absolute atomic E-state index is 5.76. The molecule has 0 aliphatic carbocycles. The van der Waals surface area contributed by atoms with Crippen LogP contribution in [0.5, 0.6) is 11.5 Å². The molecule has 3 nitrogen and oxygen atoms in total. The third-order valence-electron chi connectivity index (χ3n) is 2.89. The first-order chi connectivity index (χ1) is 10.1. The van der Waals surface area contributed by atoms with Crippen LogP contribution in [-0.2, 0) is 13.1 Å². The molecule has 2 rings (SSSR count). The van der Waals surface area contributed by atoms with Crippen LogP contribution in [0.25, 0.3) is 0 Å². The van der Waals surface area contributed by atoms with Crippen LogP contribution >= 0.6 is 27.3 Å². The molecule has 0 fully saturated rings. The van der Waals surface area contributed by atoms with E-state index in [4.69, 9.17) is 9.47 Å². The van der Waals surface area contributed by atoms with Crippen molar-refractivity contribution < 1.29 is 9.47 Å².